The number of aryl methyl sites for hydroxylation is 2. The Morgan fingerprint density at radius 2 is 1.90 bits per heavy atom. The molecule has 0 spiro atoms. The average Bonchev–Trinajstić information content (AvgIpc) is 2.33. The summed E-state index contributed by atoms with van der Waals surface area (Å²) in [5, 5.41) is 3.21. The van der Waals surface area contributed by atoms with E-state index in [2.05, 4.69) is 21.2 Å². The van der Waals surface area contributed by atoms with Crippen molar-refractivity contribution >= 4 is 44.8 Å². The fraction of sp³-hybridized carbons (Fsp3) is 0.133. The number of anilines is 2. The quantitative estimate of drug-likeness (QED) is 0.778. The van der Waals surface area contributed by atoms with Crippen LogP contribution in [0.3, 0.4) is 0 Å². The van der Waals surface area contributed by atoms with E-state index in [9.17, 15) is 4.79 Å². The second kappa shape index (κ2) is 5.85. The van der Waals surface area contributed by atoms with E-state index in [1.54, 1.807) is 18.2 Å². The number of nitrogens with two attached hydrogens (primary N) is 1. The van der Waals surface area contributed by atoms with E-state index >= 15 is 0 Å². The first-order chi connectivity index (χ1) is 9.38. The van der Waals surface area contributed by atoms with E-state index in [0.717, 1.165) is 15.6 Å². The zero-order valence-electron chi connectivity index (χ0n) is 11.1. The summed E-state index contributed by atoms with van der Waals surface area (Å²) in [7, 11) is 0. The maximum Gasteiger partial charge on any atom is 0.257 e. The first-order valence-electron chi connectivity index (χ1n) is 6.01. The van der Waals surface area contributed by atoms with Crippen molar-refractivity contribution in [2.24, 2.45) is 0 Å². The number of benzene rings is 2. The van der Waals surface area contributed by atoms with Gasteiger partial charge in [0.25, 0.3) is 5.91 Å². The van der Waals surface area contributed by atoms with Gasteiger partial charge in [0.15, 0.2) is 0 Å². The van der Waals surface area contributed by atoms with Gasteiger partial charge in [-0.3, -0.25) is 4.79 Å². The van der Waals surface area contributed by atoms with Crippen LogP contribution in [0.1, 0.15) is 21.5 Å². The molecular weight excluding hydrogens is 340 g/mol. The van der Waals surface area contributed by atoms with E-state index in [1.165, 1.54) is 0 Å². The number of nitrogens with one attached hydrogen (secondary N) is 1. The third kappa shape index (κ3) is 3.14. The lowest BCUT2D eigenvalue weighted by Gasteiger charge is -2.12. The Balaban J connectivity index is 2.33. The topological polar surface area (TPSA) is 55.1 Å². The third-order valence-corrected chi connectivity index (χ3v) is 3.81. The highest BCUT2D eigenvalue weighted by molar-refractivity contribution is 9.10. The van der Waals surface area contributed by atoms with E-state index < -0.39 is 0 Å². The number of hydrogen-bond donors (Lipinski definition) is 2. The van der Waals surface area contributed by atoms with Gasteiger partial charge in [-0.2, -0.15) is 0 Å². The molecule has 0 atom stereocenters. The maximum atomic E-state index is 12.3. The predicted octanol–water partition coefficient (Wildman–Crippen LogP) is 4.55. The van der Waals surface area contributed by atoms with E-state index in [4.69, 9.17) is 17.3 Å². The van der Waals surface area contributed by atoms with Crippen molar-refractivity contribution in [2.75, 3.05) is 11.1 Å². The summed E-state index contributed by atoms with van der Waals surface area (Å²) >= 11 is 9.49. The van der Waals surface area contributed by atoms with Crippen molar-refractivity contribution in [3.8, 4) is 0 Å². The molecule has 2 rings (SSSR count). The van der Waals surface area contributed by atoms with Crippen LogP contribution in [0.4, 0.5) is 11.4 Å². The monoisotopic (exact) mass is 352 g/mol. The molecular formula is C15H14BrClN2O. The molecule has 0 saturated carbocycles. The number of nitrogen functional groups attached to an aromatic ring is 1. The number of amides is 1. The normalized spacial score (nSPS) is 10.4. The predicted molar refractivity (Wildman–Crippen MR) is 87.4 cm³/mol. The first kappa shape index (κ1) is 14.9. The van der Waals surface area contributed by atoms with Crippen molar-refractivity contribution in [1.29, 1.82) is 0 Å². The second-order valence-electron chi connectivity index (χ2n) is 4.65. The molecule has 1 amide bonds. The summed E-state index contributed by atoms with van der Waals surface area (Å²) in [4.78, 5) is 12.3. The average molecular weight is 354 g/mol. The van der Waals surface area contributed by atoms with E-state index in [1.807, 2.05) is 26.0 Å². The number of hydrogen-bond acceptors (Lipinski definition) is 2. The van der Waals surface area contributed by atoms with Crippen molar-refractivity contribution in [1.82, 2.24) is 0 Å². The maximum absolute atomic E-state index is 12.3. The zero-order chi connectivity index (χ0) is 14.9. The highest BCUT2D eigenvalue weighted by Gasteiger charge is 2.14. The Kier molecular flexibility index (Phi) is 4.35. The highest BCUT2D eigenvalue weighted by atomic mass is 79.9. The molecule has 0 unspecified atom stereocenters. The number of carbonyl (C=O) groups is 1. The van der Waals surface area contributed by atoms with Crippen LogP contribution in [0, 0.1) is 13.8 Å². The van der Waals surface area contributed by atoms with Gasteiger partial charge >= 0.3 is 0 Å². The van der Waals surface area contributed by atoms with E-state index in [0.29, 0.717) is 22.0 Å². The Labute approximate surface area is 131 Å². The Hall–Kier alpha value is -1.52. The van der Waals surface area contributed by atoms with Crippen molar-refractivity contribution in [3.63, 3.8) is 0 Å². The summed E-state index contributed by atoms with van der Waals surface area (Å²) in [6.07, 6.45) is 0. The molecule has 5 heteroatoms. The van der Waals surface area contributed by atoms with Crippen LogP contribution in [-0.2, 0) is 0 Å². The van der Waals surface area contributed by atoms with Crippen LogP contribution in [0.2, 0.25) is 5.02 Å². The zero-order valence-corrected chi connectivity index (χ0v) is 13.5. The van der Waals surface area contributed by atoms with Crippen LogP contribution in [0.15, 0.2) is 34.8 Å². The minimum absolute atomic E-state index is 0.286. The van der Waals surface area contributed by atoms with Crippen LogP contribution in [-0.4, -0.2) is 5.91 Å². The molecule has 0 saturated heterocycles. The van der Waals surface area contributed by atoms with Crippen molar-refractivity contribution < 1.29 is 4.79 Å². The molecule has 104 valence electrons. The molecule has 0 bridgehead atoms. The fourth-order valence-corrected chi connectivity index (χ4v) is 2.90. The molecule has 3 N–H and O–H groups in total. The van der Waals surface area contributed by atoms with Crippen LogP contribution >= 0.6 is 27.5 Å². The van der Waals surface area contributed by atoms with E-state index in [-0.39, 0.29) is 5.91 Å². The molecule has 20 heavy (non-hydrogen) atoms. The smallest absolute Gasteiger partial charge is 0.257 e. The number of rotatable bonds is 2. The number of halogens is 2. The molecule has 0 fully saturated rings. The second-order valence-corrected chi connectivity index (χ2v) is 5.91. The Morgan fingerprint density at radius 3 is 2.50 bits per heavy atom. The number of carbonyl (C=O) groups excluding carboxylic acids is 1. The van der Waals surface area contributed by atoms with Gasteiger partial charge in [-0.15, -0.1) is 0 Å². The van der Waals surface area contributed by atoms with Gasteiger partial charge in [-0.1, -0.05) is 17.7 Å². The summed E-state index contributed by atoms with van der Waals surface area (Å²) in [5.41, 5.74) is 9.43. The fourth-order valence-electron chi connectivity index (χ4n) is 1.89. The SMILES string of the molecule is Cc1ccc(C(=O)Nc2c(N)cc(C)cc2Br)c(Cl)c1. The highest BCUT2D eigenvalue weighted by Crippen LogP contribution is 2.31. The van der Waals surface area contributed by atoms with Gasteiger partial charge in [0.05, 0.1) is 22.0 Å². The Morgan fingerprint density at radius 1 is 1.20 bits per heavy atom. The van der Waals surface area contributed by atoms with Gasteiger partial charge < -0.3 is 11.1 Å². The Bertz CT molecular complexity index is 663. The van der Waals surface area contributed by atoms with Crippen LogP contribution < -0.4 is 11.1 Å². The van der Waals surface area contributed by atoms with Gasteiger partial charge in [0, 0.05) is 4.47 Å². The largest absolute Gasteiger partial charge is 0.397 e. The summed E-state index contributed by atoms with van der Waals surface area (Å²) in [5.74, 6) is -0.286. The van der Waals surface area contributed by atoms with Crippen molar-refractivity contribution in [2.45, 2.75) is 13.8 Å². The van der Waals surface area contributed by atoms with Crippen LogP contribution in [0.5, 0.6) is 0 Å². The molecule has 0 aromatic heterocycles. The lowest BCUT2D eigenvalue weighted by Crippen LogP contribution is -2.14. The van der Waals surface area contributed by atoms with Gasteiger partial charge in [-0.25, -0.2) is 0 Å². The summed E-state index contributed by atoms with van der Waals surface area (Å²) in [6.45, 7) is 3.85. The summed E-state index contributed by atoms with van der Waals surface area (Å²) in [6, 6.07) is 8.99. The van der Waals surface area contributed by atoms with Gasteiger partial charge in [-0.05, 0) is 65.2 Å². The van der Waals surface area contributed by atoms with Crippen molar-refractivity contribution in [3.05, 3.63) is 56.5 Å². The molecule has 0 heterocycles. The third-order valence-electron chi connectivity index (χ3n) is 2.87. The molecule has 0 aliphatic heterocycles. The molecule has 2 aromatic rings. The molecule has 0 aliphatic carbocycles. The van der Waals surface area contributed by atoms with Gasteiger partial charge in [0.2, 0.25) is 0 Å². The minimum Gasteiger partial charge on any atom is -0.397 e. The first-order valence-corrected chi connectivity index (χ1v) is 7.18. The van der Waals surface area contributed by atoms with Gasteiger partial charge in [0.1, 0.15) is 0 Å². The standard InChI is InChI=1S/C15H14BrClN2O/c1-8-3-4-10(12(17)6-8)15(20)19-14-11(16)5-9(2)7-13(14)18/h3-7H,18H2,1-2H3,(H,19,20). The molecule has 0 aliphatic rings. The lowest BCUT2D eigenvalue weighted by atomic mass is 10.1. The minimum atomic E-state index is -0.286. The molecule has 2 aromatic carbocycles. The van der Waals surface area contributed by atoms with Crippen LogP contribution in [0.25, 0.3) is 0 Å². The summed E-state index contributed by atoms with van der Waals surface area (Å²) < 4.78 is 0.742. The lowest BCUT2D eigenvalue weighted by molar-refractivity contribution is 0.102. The molecule has 3 nitrogen and oxygen atoms in total. The molecule has 0 radical (unpaired) electrons.